The van der Waals surface area contributed by atoms with Gasteiger partial charge in [0.05, 0.1) is 12.6 Å². The largest absolute Gasteiger partial charge is 0.378 e. The summed E-state index contributed by atoms with van der Waals surface area (Å²) >= 11 is 0. The number of rotatable bonds is 6. The number of sulfonamides is 1. The molecule has 2 atom stereocenters. The van der Waals surface area contributed by atoms with Gasteiger partial charge in [-0.2, -0.15) is 5.06 Å². The minimum absolute atomic E-state index is 0.151. The van der Waals surface area contributed by atoms with Crippen LogP contribution in [0.3, 0.4) is 0 Å². The fourth-order valence-corrected chi connectivity index (χ4v) is 5.08. The van der Waals surface area contributed by atoms with E-state index in [4.69, 9.17) is 4.84 Å². The van der Waals surface area contributed by atoms with Crippen LogP contribution >= 0.6 is 0 Å². The molecule has 0 radical (unpaired) electrons. The number of anilines is 1. The predicted octanol–water partition coefficient (Wildman–Crippen LogP) is 2.50. The van der Waals surface area contributed by atoms with E-state index in [9.17, 15) is 8.42 Å². The molecule has 2 aromatic rings. The summed E-state index contributed by atoms with van der Waals surface area (Å²) in [6.07, 6.45) is 0. The van der Waals surface area contributed by atoms with E-state index in [0.29, 0.717) is 6.54 Å². The van der Waals surface area contributed by atoms with Crippen LogP contribution in [0.25, 0.3) is 0 Å². The molecule has 0 unspecified atom stereocenters. The Labute approximate surface area is 162 Å². The van der Waals surface area contributed by atoms with Gasteiger partial charge in [0.15, 0.2) is 0 Å². The zero-order chi connectivity index (χ0) is 19.6. The molecule has 0 bridgehead atoms. The molecule has 3 rings (SSSR count). The summed E-state index contributed by atoms with van der Waals surface area (Å²) in [5.41, 5.74) is 2.96. The molecule has 0 amide bonds. The summed E-state index contributed by atoms with van der Waals surface area (Å²) in [5.74, 6) is 0. The molecule has 27 heavy (non-hydrogen) atoms. The summed E-state index contributed by atoms with van der Waals surface area (Å²) in [7, 11) is 3.84. The van der Waals surface area contributed by atoms with Gasteiger partial charge in [0.2, 0.25) is 10.0 Å². The van der Waals surface area contributed by atoms with Crippen LogP contribution in [0.15, 0.2) is 54.6 Å². The molecule has 7 heteroatoms. The van der Waals surface area contributed by atoms with Gasteiger partial charge in [-0.15, -0.1) is 0 Å². The SMILES string of the molecule is CN(C)c1ccc([C@H]2[C@H](S(=O)(=O)N(C)Cc3ccccc3)CON2C)cc1. The molecule has 6 nitrogen and oxygen atoms in total. The molecule has 0 N–H and O–H groups in total. The van der Waals surface area contributed by atoms with E-state index in [1.165, 1.54) is 4.31 Å². The fraction of sp³-hybridized carbons (Fsp3) is 0.400. The van der Waals surface area contributed by atoms with Gasteiger partial charge in [0.25, 0.3) is 0 Å². The fourth-order valence-electron chi connectivity index (χ4n) is 3.40. The Hall–Kier alpha value is -1.93. The van der Waals surface area contributed by atoms with Gasteiger partial charge in [0.1, 0.15) is 5.25 Å². The highest BCUT2D eigenvalue weighted by Crippen LogP contribution is 2.35. The second-order valence-electron chi connectivity index (χ2n) is 7.10. The predicted molar refractivity (Wildman–Crippen MR) is 108 cm³/mol. The highest BCUT2D eigenvalue weighted by Gasteiger charge is 2.44. The highest BCUT2D eigenvalue weighted by molar-refractivity contribution is 7.89. The lowest BCUT2D eigenvalue weighted by molar-refractivity contribution is -0.110. The molecular formula is C20H27N3O3S. The van der Waals surface area contributed by atoms with Gasteiger partial charge in [-0.25, -0.2) is 12.7 Å². The van der Waals surface area contributed by atoms with Gasteiger partial charge in [-0.3, -0.25) is 4.84 Å². The van der Waals surface area contributed by atoms with Crippen LogP contribution in [0, 0.1) is 0 Å². The van der Waals surface area contributed by atoms with Crippen molar-refractivity contribution in [3.05, 3.63) is 65.7 Å². The van der Waals surface area contributed by atoms with Crippen LogP contribution in [-0.4, -0.2) is 57.8 Å². The van der Waals surface area contributed by atoms with E-state index in [1.807, 2.05) is 73.6 Å². The minimum atomic E-state index is -3.54. The first-order valence-corrected chi connectivity index (χ1v) is 10.4. The zero-order valence-corrected chi connectivity index (χ0v) is 17.1. The van der Waals surface area contributed by atoms with Gasteiger partial charge in [-0.05, 0) is 23.3 Å². The van der Waals surface area contributed by atoms with E-state index in [1.54, 1.807) is 19.2 Å². The number of hydrogen-bond acceptors (Lipinski definition) is 5. The Bertz CT molecular complexity index is 854. The highest BCUT2D eigenvalue weighted by atomic mass is 32.2. The molecule has 1 fully saturated rings. The number of nitrogens with zero attached hydrogens (tertiary/aromatic N) is 3. The molecule has 1 aliphatic heterocycles. The Balaban J connectivity index is 1.84. The summed E-state index contributed by atoms with van der Waals surface area (Å²) in [4.78, 5) is 7.63. The summed E-state index contributed by atoms with van der Waals surface area (Å²) in [6.45, 7) is 0.494. The second-order valence-corrected chi connectivity index (χ2v) is 9.36. The van der Waals surface area contributed by atoms with E-state index >= 15 is 0 Å². The van der Waals surface area contributed by atoms with Gasteiger partial charge < -0.3 is 4.90 Å². The molecule has 1 aliphatic rings. The van der Waals surface area contributed by atoms with Crippen LogP contribution in [0.2, 0.25) is 0 Å². The minimum Gasteiger partial charge on any atom is -0.378 e. The average molecular weight is 390 g/mol. The summed E-state index contributed by atoms with van der Waals surface area (Å²) in [5, 5.41) is 1.00. The monoisotopic (exact) mass is 389 g/mol. The Kier molecular flexibility index (Phi) is 5.86. The smallest absolute Gasteiger partial charge is 0.221 e. The normalized spacial score (nSPS) is 20.9. The topological polar surface area (TPSA) is 53.1 Å². The lowest BCUT2D eigenvalue weighted by Crippen LogP contribution is -2.40. The van der Waals surface area contributed by atoms with Crippen LogP contribution < -0.4 is 4.90 Å². The lowest BCUT2D eigenvalue weighted by atomic mass is 10.0. The van der Waals surface area contributed by atoms with Gasteiger partial charge >= 0.3 is 0 Å². The molecule has 0 saturated carbocycles. The summed E-state index contributed by atoms with van der Waals surface area (Å²) in [6, 6.07) is 17.2. The van der Waals surface area contributed by atoms with Crippen LogP contribution in [0.5, 0.6) is 0 Å². The lowest BCUT2D eigenvalue weighted by Gasteiger charge is -2.27. The maximum Gasteiger partial charge on any atom is 0.221 e. The van der Waals surface area contributed by atoms with Crippen molar-refractivity contribution in [2.24, 2.45) is 0 Å². The average Bonchev–Trinajstić information content (AvgIpc) is 3.05. The van der Waals surface area contributed by atoms with Crippen LogP contribution in [0.4, 0.5) is 5.69 Å². The molecule has 0 aliphatic carbocycles. The molecule has 0 spiro atoms. The van der Waals surface area contributed by atoms with E-state index in [-0.39, 0.29) is 12.6 Å². The van der Waals surface area contributed by atoms with Gasteiger partial charge in [-0.1, -0.05) is 42.5 Å². The standard InChI is InChI=1S/C20H27N3O3S/c1-21(2)18-12-10-17(11-13-18)20-19(15-26-23(20)4)27(24,25)22(3)14-16-8-6-5-7-9-16/h5-13,19-20H,14-15H2,1-4H3/t19-,20+/m1/s1. The first kappa shape index (κ1) is 19.8. The van der Waals surface area contributed by atoms with Crippen molar-refractivity contribution < 1.29 is 13.3 Å². The number of hydrogen-bond donors (Lipinski definition) is 0. The van der Waals surface area contributed by atoms with Crippen molar-refractivity contribution in [3.63, 3.8) is 0 Å². The molecule has 1 saturated heterocycles. The van der Waals surface area contributed by atoms with Crippen molar-refractivity contribution in [3.8, 4) is 0 Å². The van der Waals surface area contributed by atoms with Crippen molar-refractivity contribution in [1.29, 1.82) is 0 Å². The third kappa shape index (κ3) is 4.16. The van der Waals surface area contributed by atoms with Crippen LogP contribution in [0.1, 0.15) is 17.2 Å². The maximum atomic E-state index is 13.3. The van der Waals surface area contributed by atoms with Crippen molar-refractivity contribution in [2.45, 2.75) is 17.8 Å². The Morgan fingerprint density at radius 1 is 1.04 bits per heavy atom. The molecule has 1 heterocycles. The number of benzene rings is 2. The van der Waals surface area contributed by atoms with E-state index in [0.717, 1.165) is 16.8 Å². The zero-order valence-electron chi connectivity index (χ0n) is 16.2. The summed E-state index contributed by atoms with van der Waals surface area (Å²) < 4.78 is 27.9. The number of hydroxylamine groups is 2. The van der Waals surface area contributed by atoms with Crippen molar-refractivity contribution in [2.75, 3.05) is 39.7 Å². The first-order chi connectivity index (χ1) is 12.8. The Morgan fingerprint density at radius 2 is 1.67 bits per heavy atom. The van der Waals surface area contributed by atoms with Crippen molar-refractivity contribution >= 4 is 15.7 Å². The maximum absolute atomic E-state index is 13.3. The molecule has 146 valence electrons. The van der Waals surface area contributed by atoms with Crippen LogP contribution in [-0.2, 0) is 21.4 Å². The Morgan fingerprint density at radius 3 is 2.26 bits per heavy atom. The third-order valence-corrected chi connectivity index (χ3v) is 7.16. The van der Waals surface area contributed by atoms with Crippen molar-refractivity contribution in [1.82, 2.24) is 9.37 Å². The van der Waals surface area contributed by atoms with E-state index in [2.05, 4.69) is 0 Å². The third-order valence-electron chi connectivity index (χ3n) is 5.00. The van der Waals surface area contributed by atoms with E-state index < -0.39 is 15.3 Å². The quantitative estimate of drug-likeness (QED) is 0.760. The molecule has 0 aromatic heterocycles. The first-order valence-electron chi connectivity index (χ1n) is 8.93. The second kappa shape index (κ2) is 7.98. The molecule has 2 aromatic carbocycles. The van der Waals surface area contributed by atoms with Gasteiger partial charge in [0, 0.05) is 40.4 Å². The molecular weight excluding hydrogens is 362 g/mol.